The third-order valence-corrected chi connectivity index (χ3v) is 1.96. The van der Waals surface area contributed by atoms with Gasteiger partial charge in [0.05, 0.1) is 0 Å². The van der Waals surface area contributed by atoms with Crippen molar-refractivity contribution in [2.45, 2.75) is 12.1 Å². The number of alkyl halides is 5. The molecule has 0 unspecified atom stereocenters. The summed E-state index contributed by atoms with van der Waals surface area (Å²) in [6.45, 7) is 0. The number of carbonyl (C=O) groups is 1. The number of hydrogen-bond donors (Lipinski definition) is 0. The van der Waals surface area contributed by atoms with Gasteiger partial charge in [-0.25, -0.2) is 0 Å². The number of carbonyl (C=O) groups excluding carboxylic acids is 1. The van der Waals surface area contributed by atoms with Crippen molar-refractivity contribution in [3.63, 3.8) is 0 Å². The van der Waals surface area contributed by atoms with Gasteiger partial charge in [-0.15, -0.1) is 0 Å². The molecule has 1 aromatic carbocycles. The Bertz CT molecular complexity index is 413. The van der Waals surface area contributed by atoms with Gasteiger partial charge < -0.3 is 0 Å². The van der Waals surface area contributed by atoms with Gasteiger partial charge >= 0.3 is 12.1 Å². The molecule has 0 bridgehead atoms. The van der Waals surface area contributed by atoms with Crippen LogP contribution < -0.4 is 0 Å². The molecule has 0 amide bonds. The third kappa shape index (κ3) is 2.32. The third-order valence-electron chi connectivity index (χ3n) is 1.73. The van der Waals surface area contributed by atoms with Gasteiger partial charge in [0.15, 0.2) is 0 Å². The predicted octanol–water partition coefficient (Wildman–Crippen LogP) is 3.72. The van der Waals surface area contributed by atoms with Crippen LogP contribution >= 0.6 is 11.6 Å². The fourth-order valence-electron chi connectivity index (χ4n) is 0.940. The zero-order valence-electron chi connectivity index (χ0n) is 7.49. The van der Waals surface area contributed by atoms with E-state index in [1.807, 2.05) is 0 Å². The van der Waals surface area contributed by atoms with Crippen molar-refractivity contribution < 1.29 is 26.7 Å². The molecule has 1 aromatic rings. The van der Waals surface area contributed by atoms with Crippen LogP contribution in [0.5, 0.6) is 0 Å². The van der Waals surface area contributed by atoms with Crippen molar-refractivity contribution >= 4 is 17.4 Å². The number of benzene rings is 1. The van der Waals surface area contributed by atoms with E-state index in [9.17, 15) is 26.7 Å². The minimum atomic E-state index is -5.91. The summed E-state index contributed by atoms with van der Waals surface area (Å²) in [4.78, 5) is 10.9. The molecule has 7 heteroatoms. The van der Waals surface area contributed by atoms with E-state index in [0.29, 0.717) is 0 Å². The monoisotopic (exact) mass is 258 g/mol. The summed E-state index contributed by atoms with van der Waals surface area (Å²) in [7, 11) is 0. The van der Waals surface area contributed by atoms with E-state index in [0.717, 1.165) is 18.2 Å². The van der Waals surface area contributed by atoms with Gasteiger partial charge in [-0.1, -0.05) is 23.7 Å². The van der Waals surface area contributed by atoms with Crippen molar-refractivity contribution in [2.75, 3.05) is 0 Å². The van der Waals surface area contributed by atoms with Crippen molar-refractivity contribution in [1.29, 1.82) is 0 Å². The van der Waals surface area contributed by atoms with Crippen molar-refractivity contribution in [3.05, 3.63) is 34.9 Å². The van der Waals surface area contributed by atoms with E-state index in [1.54, 1.807) is 0 Å². The van der Waals surface area contributed by atoms with Crippen molar-refractivity contribution in [1.82, 2.24) is 0 Å². The lowest BCUT2D eigenvalue weighted by Gasteiger charge is -2.17. The van der Waals surface area contributed by atoms with Crippen LogP contribution in [0.2, 0.25) is 5.02 Å². The first-order chi connectivity index (χ1) is 7.16. The quantitative estimate of drug-likeness (QED) is 0.584. The van der Waals surface area contributed by atoms with Gasteiger partial charge in [0.25, 0.3) is 0 Å². The van der Waals surface area contributed by atoms with Crippen LogP contribution in [0, 0.1) is 0 Å². The molecule has 88 valence electrons. The summed E-state index contributed by atoms with van der Waals surface area (Å²) in [5.41, 5.74) is -0.783. The molecule has 1 rings (SSSR count). The van der Waals surface area contributed by atoms with Gasteiger partial charge in [0, 0.05) is 10.6 Å². The molecule has 0 spiro atoms. The van der Waals surface area contributed by atoms with Crippen LogP contribution in [0.3, 0.4) is 0 Å². The molecular formula is C9H4ClF5O. The molecule has 0 aliphatic heterocycles. The minimum absolute atomic E-state index is 0.0937. The van der Waals surface area contributed by atoms with E-state index in [4.69, 9.17) is 11.6 Å². The Morgan fingerprint density at radius 3 is 2.12 bits per heavy atom. The van der Waals surface area contributed by atoms with E-state index in [-0.39, 0.29) is 5.02 Å². The number of Topliss-reactive ketones (excluding diaryl/α,β-unsaturated/α-hetero) is 1. The lowest BCUT2D eigenvalue weighted by Crippen LogP contribution is -2.44. The fraction of sp³-hybridized carbons (Fsp3) is 0.222. The van der Waals surface area contributed by atoms with Gasteiger partial charge in [0.2, 0.25) is 5.78 Å². The lowest BCUT2D eigenvalue weighted by atomic mass is 10.1. The average molecular weight is 259 g/mol. The van der Waals surface area contributed by atoms with Crippen LogP contribution in [0.1, 0.15) is 10.4 Å². The second kappa shape index (κ2) is 4.01. The lowest BCUT2D eigenvalue weighted by molar-refractivity contribution is -0.255. The molecular weight excluding hydrogens is 255 g/mol. The Hall–Kier alpha value is -1.17. The molecule has 0 aromatic heterocycles. The first kappa shape index (κ1) is 12.9. The normalized spacial score (nSPS) is 12.6. The number of halogens is 6. The van der Waals surface area contributed by atoms with E-state index < -0.39 is 23.4 Å². The molecule has 0 radical (unpaired) electrons. The second-order valence-electron chi connectivity index (χ2n) is 2.91. The molecule has 0 fully saturated rings. The van der Waals surface area contributed by atoms with Gasteiger partial charge in [-0.05, 0) is 12.1 Å². The smallest absolute Gasteiger partial charge is 0.287 e. The van der Waals surface area contributed by atoms with Crippen LogP contribution in [-0.4, -0.2) is 17.9 Å². The molecule has 0 saturated heterocycles. The maximum Gasteiger partial charge on any atom is 0.461 e. The van der Waals surface area contributed by atoms with E-state index in [1.165, 1.54) is 6.07 Å². The SMILES string of the molecule is O=C(c1cccc(Cl)c1)C(F)(F)C(F)(F)F. The Morgan fingerprint density at radius 2 is 1.69 bits per heavy atom. The molecule has 0 aliphatic rings. The summed E-state index contributed by atoms with van der Waals surface area (Å²) >= 11 is 5.37. The molecule has 0 aliphatic carbocycles. The first-order valence-electron chi connectivity index (χ1n) is 3.91. The molecule has 16 heavy (non-hydrogen) atoms. The highest BCUT2D eigenvalue weighted by Crippen LogP contribution is 2.38. The zero-order valence-corrected chi connectivity index (χ0v) is 8.24. The Morgan fingerprint density at radius 1 is 1.12 bits per heavy atom. The maximum absolute atomic E-state index is 12.6. The van der Waals surface area contributed by atoms with Crippen molar-refractivity contribution in [3.8, 4) is 0 Å². The van der Waals surface area contributed by atoms with E-state index >= 15 is 0 Å². The van der Waals surface area contributed by atoms with Gasteiger partial charge in [0.1, 0.15) is 0 Å². The van der Waals surface area contributed by atoms with Gasteiger partial charge in [-0.2, -0.15) is 22.0 Å². The molecule has 1 nitrogen and oxygen atoms in total. The van der Waals surface area contributed by atoms with Crippen molar-refractivity contribution in [2.24, 2.45) is 0 Å². The summed E-state index contributed by atoms with van der Waals surface area (Å²) < 4.78 is 60.8. The molecule has 0 N–H and O–H groups in total. The standard InChI is InChI=1S/C9H4ClF5O/c10-6-3-1-2-5(4-6)7(16)8(11,12)9(13,14)15/h1-4H. The topological polar surface area (TPSA) is 17.1 Å². The fourth-order valence-corrected chi connectivity index (χ4v) is 1.13. The average Bonchev–Trinajstić information content (AvgIpc) is 2.14. The summed E-state index contributed by atoms with van der Waals surface area (Å²) in [5.74, 6) is -7.72. The van der Waals surface area contributed by atoms with Crippen LogP contribution in [0.4, 0.5) is 22.0 Å². The largest absolute Gasteiger partial charge is 0.461 e. The highest BCUT2D eigenvalue weighted by atomic mass is 35.5. The van der Waals surface area contributed by atoms with Crippen LogP contribution in [0.25, 0.3) is 0 Å². The highest BCUT2D eigenvalue weighted by Gasteiger charge is 2.63. The molecule has 0 heterocycles. The van der Waals surface area contributed by atoms with Crippen LogP contribution in [0.15, 0.2) is 24.3 Å². The minimum Gasteiger partial charge on any atom is -0.287 e. The summed E-state index contributed by atoms with van der Waals surface area (Å²) in [6, 6.07) is 3.96. The first-order valence-corrected chi connectivity index (χ1v) is 4.29. The summed E-state index contributed by atoms with van der Waals surface area (Å²) in [6.07, 6.45) is -5.91. The number of hydrogen-bond acceptors (Lipinski definition) is 1. The Labute approximate surface area is 91.8 Å². The number of rotatable bonds is 2. The van der Waals surface area contributed by atoms with Crippen LogP contribution in [-0.2, 0) is 0 Å². The second-order valence-corrected chi connectivity index (χ2v) is 3.35. The number of ketones is 1. The van der Waals surface area contributed by atoms with Gasteiger partial charge in [-0.3, -0.25) is 4.79 Å². The Kier molecular flexibility index (Phi) is 3.23. The van der Waals surface area contributed by atoms with E-state index in [2.05, 4.69) is 0 Å². The molecule has 0 atom stereocenters. The summed E-state index contributed by atoms with van der Waals surface area (Å²) in [5, 5.41) is -0.0937. The highest BCUT2D eigenvalue weighted by molar-refractivity contribution is 6.31. The maximum atomic E-state index is 12.6. The zero-order chi connectivity index (χ0) is 12.6. The molecule has 0 saturated carbocycles. The predicted molar refractivity (Wildman–Crippen MR) is 46.8 cm³/mol. The Balaban J connectivity index is 3.12.